The van der Waals surface area contributed by atoms with E-state index in [9.17, 15) is 27.1 Å². The van der Waals surface area contributed by atoms with Gasteiger partial charge in [0.2, 0.25) is 0 Å². The van der Waals surface area contributed by atoms with Gasteiger partial charge in [0.15, 0.2) is 0 Å². The van der Waals surface area contributed by atoms with Crippen LogP contribution in [0.2, 0.25) is 0 Å². The van der Waals surface area contributed by atoms with Crippen molar-refractivity contribution in [2.75, 3.05) is 0 Å². The summed E-state index contributed by atoms with van der Waals surface area (Å²) in [6.07, 6.45) is 7.90. The van der Waals surface area contributed by atoms with E-state index in [1.54, 1.807) is 0 Å². The molecule has 1 aliphatic carbocycles. The van der Waals surface area contributed by atoms with E-state index in [1.165, 1.54) is 11.1 Å². The zero-order valence-electron chi connectivity index (χ0n) is 30.3. The zero-order valence-corrected chi connectivity index (χ0v) is 33.9. The van der Waals surface area contributed by atoms with E-state index in [2.05, 4.69) is 107 Å². The zero-order chi connectivity index (χ0) is 36.7. The first-order chi connectivity index (χ1) is 20.6. The first-order valence-corrected chi connectivity index (χ1v) is 21.8. The van der Waals surface area contributed by atoms with Crippen LogP contribution in [0.4, 0.5) is 16.9 Å². The van der Waals surface area contributed by atoms with Gasteiger partial charge in [-0.2, -0.15) is 0 Å². The molecule has 1 aliphatic rings. The van der Waals surface area contributed by atoms with Crippen molar-refractivity contribution in [3.05, 3.63) is 57.6 Å². The van der Waals surface area contributed by atoms with Crippen molar-refractivity contribution in [2.24, 2.45) is 9.98 Å². The third-order valence-electron chi connectivity index (χ3n) is 8.13. The van der Waals surface area contributed by atoms with Gasteiger partial charge in [-0.3, -0.25) is 9.98 Å². The van der Waals surface area contributed by atoms with E-state index in [0.29, 0.717) is 11.5 Å². The summed E-state index contributed by atoms with van der Waals surface area (Å²) in [6.45, 7) is 26.0. The molecule has 1 fully saturated rings. The second-order valence-electron chi connectivity index (χ2n) is 16.9. The van der Waals surface area contributed by atoms with Crippen LogP contribution in [0.1, 0.15) is 142 Å². The van der Waals surface area contributed by atoms with Gasteiger partial charge in [-0.05, 0) is 57.8 Å². The van der Waals surface area contributed by atoms with Gasteiger partial charge in [0.1, 0.15) is 11.5 Å². The van der Waals surface area contributed by atoms with Crippen molar-refractivity contribution in [3.63, 3.8) is 0 Å². The van der Waals surface area contributed by atoms with Crippen molar-refractivity contribution < 1.29 is 43.9 Å². The molecule has 2 aromatic rings. The third kappa shape index (κ3) is 14.6. The molecule has 1 radical (unpaired) electrons. The molecule has 2 atom stereocenters. The summed E-state index contributed by atoms with van der Waals surface area (Å²) < 4.78 is 59.6. The molecule has 2 N–H and O–H groups in total. The number of halogens is 6. The summed E-state index contributed by atoms with van der Waals surface area (Å²) in [5, 5.41) is 22.5. The van der Waals surface area contributed by atoms with Gasteiger partial charge < -0.3 is 10.2 Å². The molecule has 3 rings (SSSR count). The average molecular weight is 842 g/mol. The molecule has 0 aliphatic heterocycles. The van der Waals surface area contributed by atoms with E-state index < -0.39 is 19.5 Å². The quantitative estimate of drug-likeness (QED) is 0.183. The van der Waals surface area contributed by atoms with Crippen LogP contribution in [0.3, 0.4) is 0 Å². The maximum absolute atomic E-state index is 11.2. The van der Waals surface area contributed by atoms with E-state index in [-0.39, 0.29) is 50.5 Å². The number of hydrogen-bond donors (Lipinski definition) is 2. The number of aliphatic imine (C=N–C) groups is 2. The number of benzene rings is 2. The maximum atomic E-state index is 11.2. The summed E-state index contributed by atoms with van der Waals surface area (Å²) >= 11 is -11.2. The van der Waals surface area contributed by atoms with Gasteiger partial charge in [0.05, 0.1) is 12.1 Å². The van der Waals surface area contributed by atoms with Crippen molar-refractivity contribution in [1.82, 2.24) is 0 Å². The average Bonchev–Trinajstić information content (AvgIpc) is 2.83. The summed E-state index contributed by atoms with van der Waals surface area (Å²) in [5.74, 6) is 0.637. The molecule has 12 heteroatoms. The van der Waals surface area contributed by atoms with E-state index in [4.69, 9.17) is 9.98 Å². The summed E-state index contributed by atoms with van der Waals surface area (Å²) in [4.78, 5) is 10.1. The van der Waals surface area contributed by atoms with Crippen LogP contribution in [0, 0.1) is 0 Å². The van der Waals surface area contributed by atoms with E-state index >= 15 is 0 Å². The number of phenolic OH excluding ortho intramolecular Hbond substituents is 2. The van der Waals surface area contributed by atoms with Crippen LogP contribution in [0.15, 0.2) is 34.3 Å². The van der Waals surface area contributed by atoms with E-state index in [0.717, 1.165) is 47.9 Å². The molecule has 0 saturated heterocycles. The molecule has 0 spiro atoms. The molecule has 0 bridgehead atoms. The topological polar surface area (TPSA) is 65.2 Å². The molecule has 1 unspecified atom stereocenters. The Morgan fingerprint density at radius 3 is 1.06 bits per heavy atom. The molecule has 48 heavy (non-hydrogen) atoms. The fourth-order valence-corrected chi connectivity index (χ4v) is 5.31. The summed E-state index contributed by atoms with van der Waals surface area (Å²) in [5.41, 5.74) is 5.39. The Kier molecular flexibility index (Phi) is 13.0. The molecule has 2 aromatic carbocycles. The Bertz CT molecular complexity index is 1390. The van der Waals surface area contributed by atoms with Gasteiger partial charge in [0, 0.05) is 51.5 Å². The van der Waals surface area contributed by atoms with Gasteiger partial charge in [-0.25, -0.2) is 0 Å². The van der Waals surface area contributed by atoms with Gasteiger partial charge >= 0.3 is 36.4 Å². The Morgan fingerprint density at radius 1 is 0.562 bits per heavy atom. The normalized spacial score (nSPS) is 19.7. The number of nitrogens with zero attached hydrogens (tertiary/aromatic N) is 2. The molecule has 1 saturated carbocycles. The van der Waals surface area contributed by atoms with Crippen molar-refractivity contribution in [1.29, 1.82) is 0 Å². The molecule has 0 aromatic heterocycles. The minimum atomic E-state index is -11.2. The fraction of sp³-hybridized carbons (Fsp3) is 0.611. The second kappa shape index (κ2) is 14.1. The number of phenols is 2. The Morgan fingerprint density at radius 2 is 0.833 bits per heavy atom. The Hall–Kier alpha value is -1.72. The van der Waals surface area contributed by atoms with Crippen LogP contribution < -0.4 is 0 Å². The van der Waals surface area contributed by atoms with Crippen LogP contribution in [0.25, 0.3) is 0 Å². The molecule has 0 heterocycles. The van der Waals surface area contributed by atoms with Crippen LogP contribution in [0.5, 0.6) is 11.5 Å². The molecular weight excluding hydrogens is 787 g/mol. The molecular formula is C36H54CoF6N2O2Sb-. The van der Waals surface area contributed by atoms with Crippen molar-refractivity contribution in [3.8, 4) is 11.5 Å². The van der Waals surface area contributed by atoms with Gasteiger partial charge in [0.25, 0.3) is 0 Å². The van der Waals surface area contributed by atoms with Gasteiger partial charge in [-0.1, -0.05) is 108 Å². The molecule has 4 nitrogen and oxygen atoms in total. The summed E-state index contributed by atoms with van der Waals surface area (Å²) in [6, 6.07) is 8.53. The Balaban J connectivity index is 0.00000130. The Labute approximate surface area is 296 Å². The second-order valence-corrected chi connectivity index (χ2v) is 22.3. The predicted octanol–water partition coefficient (Wildman–Crippen LogP) is 11.3. The molecule has 277 valence electrons. The number of aromatic hydroxyl groups is 2. The van der Waals surface area contributed by atoms with Crippen LogP contribution >= 0.6 is 0 Å². The van der Waals surface area contributed by atoms with E-state index in [1.807, 2.05) is 12.4 Å². The first kappa shape index (κ1) is 44.3. The van der Waals surface area contributed by atoms with Gasteiger partial charge in [-0.15, -0.1) is 0 Å². The SMILES string of the molecule is CC(C)(C)c1cc(C=NC2CCCC[C@@H]2N=Cc2cc(C(C)(C)C)cc(C(C)(C)C)c2O)c(O)c(C(C)(C)C)c1.[Co].[F][Sb-]([F])([F])([F])([F])[F]. The monoisotopic (exact) mass is 840 g/mol. The van der Waals surface area contributed by atoms with Crippen molar-refractivity contribution >= 4 is 31.9 Å². The van der Waals surface area contributed by atoms with Crippen molar-refractivity contribution in [2.45, 2.75) is 143 Å². The van der Waals surface area contributed by atoms with Crippen LogP contribution in [-0.2, 0) is 38.4 Å². The predicted molar refractivity (Wildman–Crippen MR) is 185 cm³/mol. The molecule has 0 amide bonds. The summed E-state index contributed by atoms with van der Waals surface area (Å²) in [7, 11) is 0. The third-order valence-corrected chi connectivity index (χ3v) is 8.13. The number of hydrogen-bond acceptors (Lipinski definition) is 4. The standard InChI is InChI=1S/C36H54N2O2.Co.6FH.Sb/c1-33(2,3)25-17-23(31(39)27(19-25)35(7,8)9)21-37-29-15-13-14-16-30(29)38-22-24-18-26(34(4,5)6)20-28(32(24)40)36(10,11)12;;;;;;;;/h17-22,29-30,39-40H,13-16H2,1-12H3;;6*1H;/q;;;;;;;;+5/p-6/t29-,30?;;;;;;;;/m0......../s1. The fourth-order valence-electron chi connectivity index (χ4n) is 5.31. The number of rotatable bonds is 4. The minimum absolute atomic E-state index is 0. The first-order valence-electron chi connectivity index (χ1n) is 16.0. The van der Waals surface area contributed by atoms with Crippen LogP contribution in [-0.4, -0.2) is 54.2 Å².